The Bertz CT molecular complexity index is 832. The molecule has 9 heteroatoms. The first-order valence-electron chi connectivity index (χ1n) is 8.06. The van der Waals surface area contributed by atoms with Crippen molar-refractivity contribution in [1.29, 1.82) is 0 Å². The van der Waals surface area contributed by atoms with Crippen molar-refractivity contribution in [1.82, 2.24) is 30.4 Å². The number of aromatic nitrogens is 6. The van der Waals surface area contributed by atoms with E-state index in [1.165, 1.54) is 11.8 Å². The summed E-state index contributed by atoms with van der Waals surface area (Å²) in [6.07, 6.45) is 0.975. The lowest BCUT2D eigenvalue weighted by Crippen LogP contribution is -2.04. The molecule has 2 heterocycles. The Kier molecular flexibility index (Phi) is 5.64. The molecule has 1 aromatic carbocycles. The van der Waals surface area contributed by atoms with Gasteiger partial charge in [-0.1, -0.05) is 30.8 Å². The number of hydrogen-bond acceptors (Lipinski definition) is 8. The molecule has 132 valence electrons. The quantitative estimate of drug-likeness (QED) is 0.566. The van der Waals surface area contributed by atoms with Gasteiger partial charge in [-0.3, -0.25) is 0 Å². The van der Waals surface area contributed by atoms with Crippen molar-refractivity contribution < 1.29 is 9.15 Å². The molecule has 25 heavy (non-hydrogen) atoms. The first kappa shape index (κ1) is 17.4. The van der Waals surface area contributed by atoms with Crippen molar-refractivity contribution in [3.8, 4) is 5.75 Å². The third-order valence-electron chi connectivity index (χ3n) is 3.51. The van der Waals surface area contributed by atoms with Gasteiger partial charge >= 0.3 is 0 Å². The zero-order valence-corrected chi connectivity index (χ0v) is 15.3. The van der Waals surface area contributed by atoms with Gasteiger partial charge in [0.15, 0.2) is 12.4 Å². The molecule has 0 amide bonds. The summed E-state index contributed by atoms with van der Waals surface area (Å²) in [4.78, 5) is 0. The normalized spacial score (nSPS) is 11.0. The average molecular weight is 360 g/mol. The molecule has 0 saturated carbocycles. The van der Waals surface area contributed by atoms with Crippen molar-refractivity contribution in [2.45, 2.75) is 51.3 Å². The molecule has 3 aromatic rings. The maximum absolute atomic E-state index is 5.78. The van der Waals surface area contributed by atoms with Crippen molar-refractivity contribution in [2.24, 2.45) is 0 Å². The highest BCUT2D eigenvalue weighted by Gasteiger charge is 2.12. The highest BCUT2D eigenvalue weighted by molar-refractivity contribution is 7.98. The van der Waals surface area contributed by atoms with E-state index in [0.717, 1.165) is 35.7 Å². The molecule has 0 spiro atoms. The smallest absolute Gasteiger partial charge is 0.277 e. The fourth-order valence-corrected chi connectivity index (χ4v) is 2.91. The highest BCUT2D eigenvalue weighted by Crippen LogP contribution is 2.23. The monoisotopic (exact) mass is 360 g/mol. The van der Waals surface area contributed by atoms with E-state index in [9.17, 15) is 0 Å². The van der Waals surface area contributed by atoms with Crippen molar-refractivity contribution >= 4 is 11.8 Å². The summed E-state index contributed by atoms with van der Waals surface area (Å²) in [6.45, 7) is 7.15. The average Bonchev–Trinajstić information content (AvgIpc) is 3.23. The lowest BCUT2D eigenvalue weighted by molar-refractivity contribution is 0.250. The first-order valence-corrected chi connectivity index (χ1v) is 9.04. The highest BCUT2D eigenvalue weighted by atomic mass is 32.2. The molecule has 0 aliphatic carbocycles. The summed E-state index contributed by atoms with van der Waals surface area (Å²) >= 11 is 1.41. The summed E-state index contributed by atoms with van der Waals surface area (Å²) in [5.74, 6) is 2.63. The number of rotatable bonds is 8. The fourth-order valence-electron chi connectivity index (χ4n) is 2.20. The van der Waals surface area contributed by atoms with Crippen LogP contribution in [0.25, 0.3) is 0 Å². The molecule has 0 saturated heterocycles. The van der Waals surface area contributed by atoms with Gasteiger partial charge in [-0.2, -0.15) is 0 Å². The van der Waals surface area contributed by atoms with Gasteiger partial charge in [-0.25, -0.2) is 4.68 Å². The van der Waals surface area contributed by atoms with Gasteiger partial charge < -0.3 is 9.15 Å². The van der Waals surface area contributed by atoms with Gasteiger partial charge in [-0.05, 0) is 47.9 Å². The molecule has 0 unspecified atom stereocenters. The number of tetrazole rings is 1. The molecule has 0 aliphatic heterocycles. The zero-order chi connectivity index (χ0) is 17.6. The third kappa shape index (κ3) is 4.56. The van der Waals surface area contributed by atoms with E-state index in [-0.39, 0.29) is 6.61 Å². The van der Waals surface area contributed by atoms with Crippen LogP contribution in [-0.4, -0.2) is 30.4 Å². The topological polar surface area (TPSA) is 91.8 Å². The van der Waals surface area contributed by atoms with Crippen LogP contribution in [0.4, 0.5) is 0 Å². The molecule has 2 aromatic heterocycles. The molecule has 3 rings (SSSR count). The van der Waals surface area contributed by atoms with E-state index < -0.39 is 0 Å². The van der Waals surface area contributed by atoms with E-state index in [4.69, 9.17) is 9.15 Å². The Morgan fingerprint density at radius 2 is 2.08 bits per heavy atom. The molecule has 0 fully saturated rings. The van der Waals surface area contributed by atoms with Gasteiger partial charge in [0.05, 0.1) is 5.75 Å². The summed E-state index contributed by atoms with van der Waals surface area (Å²) < 4.78 is 13.2. The molecule has 0 atom stereocenters. The number of benzene rings is 1. The van der Waals surface area contributed by atoms with Gasteiger partial charge in [0.1, 0.15) is 5.75 Å². The summed E-state index contributed by atoms with van der Waals surface area (Å²) in [6, 6.07) is 6.07. The van der Waals surface area contributed by atoms with Crippen LogP contribution in [0.5, 0.6) is 5.75 Å². The Morgan fingerprint density at radius 3 is 2.92 bits per heavy atom. The summed E-state index contributed by atoms with van der Waals surface area (Å²) in [5, 5.41) is 20.2. The maximum Gasteiger partial charge on any atom is 0.277 e. The fraction of sp³-hybridized carbons (Fsp3) is 0.438. The molecular formula is C16H20N6O2S. The Balaban J connectivity index is 1.55. The van der Waals surface area contributed by atoms with E-state index in [1.807, 2.05) is 26.0 Å². The van der Waals surface area contributed by atoms with Crippen LogP contribution in [0.1, 0.15) is 36.2 Å². The lowest BCUT2D eigenvalue weighted by Gasteiger charge is -2.07. The van der Waals surface area contributed by atoms with Crippen molar-refractivity contribution in [2.75, 3.05) is 0 Å². The van der Waals surface area contributed by atoms with Crippen molar-refractivity contribution in [3.05, 3.63) is 41.0 Å². The summed E-state index contributed by atoms with van der Waals surface area (Å²) in [5.41, 5.74) is 2.22. The van der Waals surface area contributed by atoms with Crippen molar-refractivity contribution in [3.63, 3.8) is 0 Å². The van der Waals surface area contributed by atoms with Gasteiger partial charge in [-0.15, -0.1) is 15.3 Å². The Morgan fingerprint density at radius 1 is 1.20 bits per heavy atom. The number of aryl methyl sites for hydroxylation is 3. The van der Waals surface area contributed by atoms with Gasteiger partial charge in [0.25, 0.3) is 11.1 Å². The molecular weight excluding hydrogens is 340 g/mol. The number of thioether (sulfide) groups is 1. The Labute approximate surface area is 150 Å². The second-order valence-corrected chi connectivity index (χ2v) is 6.55. The van der Waals surface area contributed by atoms with E-state index in [1.54, 1.807) is 4.68 Å². The minimum Gasteiger partial charge on any atom is -0.484 e. The number of nitrogens with zero attached hydrogens (tertiary/aromatic N) is 6. The van der Waals surface area contributed by atoms with Crippen LogP contribution in [-0.2, 0) is 18.9 Å². The molecule has 0 N–H and O–H groups in total. The Hall–Kier alpha value is -2.42. The van der Waals surface area contributed by atoms with Crippen LogP contribution in [0.2, 0.25) is 0 Å². The van der Waals surface area contributed by atoms with E-state index in [2.05, 4.69) is 38.7 Å². The molecule has 8 nitrogen and oxygen atoms in total. The SMILES string of the molecule is CCCn1nnnc1CSc1nnc(COc2cc(C)ccc2C)o1. The standard InChI is InChI=1S/C16H20N6O2S/c1-4-7-22-14(17-20-21-22)10-25-16-19-18-15(24-16)9-23-13-8-11(2)5-6-12(13)3/h5-6,8H,4,7,9-10H2,1-3H3. The first-order chi connectivity index (χ1) is 12.2. The lowest BCUT2D eigenvalue weighted by atomic mass is 10.1. The van der Waals surface area contributed by atoms with Gasteiger partial charge in [0, 0.05) is 6.54 Å². The van der Waals surface area contributed by atoms with Crippen LogP contribution in [0, 0.1) is 13.8 Å². The summed E-state index contributed by atoms with van der Waals surface area (Å²) in [7, 11) is 0. The minimum atomic E-state index is 0.241. The van der Waals surface area contributed by atoms with Crippen LogP contribution in [0.15, 0.2) is 27.8 Å². The molecule has 0 radical (unpaired) electrons. The number of hydrogen-bond donors (Lipinski definition) is 0. The van der Waals surface area contributed by atoms with E-state index in [0.29, 0.717) is 16.9 Å². The largest absolute Gasteiger partial charge is 0.484 e. The maximum atomic E-state index is 5.78. The number of ether oxygens (including phenoxy) is 1. The zero-order valence-electron chi connectivity index (χ0n) is 14.5. The second-order valence-electron chi connectivity index (χ2n) is 5.63. The minimum absolute atomic E-state index is 0.241. The predicted octanol–water partition coefficient (Wildman–Crippen LogP) is 2.95. The van der Waals surface area contributed by atoms with Crippen LogP contribution >= 0.6 is 11.8 Å². The third-order valence-corrected chi connectivity index (χ3v) is 4.32. The predicted molar refractivity (Wildman–Crippen MR) is 92.2 cm³/mol. The van der Waals surface area contributed by atoms with Crippen LogP contribution < -0.4 is 4.74 Å². The van der Waals surface area contributed by atoms with Crippen LogP contribution in [0.3, 0.4) is 0 Å². The second kappa shape index (κ2) is 8.11. The molecule has 0 bridgehead atoms. The molecule has 0 aliphatic rings. The van der Waals surface area contributed by atoms with Gasteiger partial charge in [0.2, 0.25) is 0 Å². The van der Waals surface area contributed by atoms with E-state index >= 15 is 0 Å².